The standard InChI is InChI=1S/C11H21NO/c1-3-4-5-11(13)12-10-7-6-9(2)8-10/h9-10H,3-8H2,1-2H3,(H,12,13). The van der Waals surface area contributed by atoms with Gasteiger partial charge in [0.25, 0.3) is 0 Å². The largest absolute Gasteiger partial charge is 0.353 e. The lowest BCUT2D eigenvalue weighted by Gasteiger charge is -2.11. The Labute approximate surface area is 81.1 Å². The highest BCUT2D eigenvalue weighted by Crippen LogP contribution is 2.24. The van der Waals surface area contributed by atoms with Gasteiger partial charge in [-0.2, -0.15) is 0 Å². The molecule has 0 aromatic heterocycles. The first-order chi connectivity index (χ1) is 6.22. The molecule has 0 spiro atoms. The van der Waals surface area contributed by atoms with E-state index in [-0.39, 0.29) is 5.91 Å². The normalized spacial score (nSPS) is 27.5. The summed E-state index contributed by atoms with van der Waals surface area (Å²) in [6, 6.07) is 0.472. The van der Waals surface area contributed by atoms with Gasteiger partial charge in [-0.25, -0.2) is 0 Å². The van der Waals surface area contributed by atoms with Crippen molar-refractivity contribution in [3.63, 3.8) is 0 Å². The lowest BCUT2D eigenvalue weighted by Crippen LogP contribution is -2.32. The van der Waals surface area contributed by atoms with Crippen LogP contribution in [0.1, 0.15) is 52.4 Å². The highest BCUT2D eigenvalue weighted by molar-refractivity contribution is 5.76. The Hall–Kier alpha value is -0.530. The quantitative estimate of drug-likeness (QED) is 0.712. The Bertz CT molecular complexity index is 167. The summed E-state index contributed by atoms with van der Waals surface area (Å²) in [5.74, 6) is 1.05. The first-order valence-electron chi connectivity index (χ1n) is 5.51. The van der Waals surface area contributed by atoms with E-state index in [1.807, 2.05) is 0 Å². The summed E-state index contributed by atoms with van der Waals surface area (Å²) in [5, 5.41) is 3.11. The molecule has 13 heavy (non-hydrogen) atoms. The molecule has 1 rings (SSSR count). The minimum Gasteiger partial charge on any atom is -0.353 e. The van der Waals surface area contributed by atoms with Gasteiger partial charge in [0.05, 0.1) is 0 Å². The van der Waals surface area contributed by atoms with E-state index < -0.39 is 0 Å². The van der Waals surface area contributed by atoms with Gasteiger partial charge in [-0.1, -0.05) is 20.3 Å². The average molecular weight is 183 g/mol. The van der Waals surface area contributed by atoms with Gasteiger partial charge in [-0.15, -0.1) is 0 Å². The van der Waals surface area contributed by atoms with Gasteiger partial charge in [0.1, 0.15) is 0 Å². The summed E-state index contributed by atoms with van der Waals surface area (Å²) in [7, 11) is 0. The van der Waals surface area contributed by atoms with Crippen LogP contribution in [0.3, 0.4) is 0 Å². The fourth-order valence-corrected chi connectivity index (χ4v) is 1.98. The molecule has 0 bridgehead atoms. The second kappa shape index (κ2) is 5.25. The number of amides is 1. The molecule has 0 aromatic rings. The van der Waals surface area contributed by atoms with Crippen molar-refractivity contribution in [1.82, 2.24) is 5.32 Å². The molecule has 76 valence electrons. The lowest BCUT2D eigenvalue weighted by molar-refractivity contribution is -0.121. The van der Waals surface area contributed by atoms with Crippen molar-refractivity contribution in [2.45, 2.75) is 58.4 Å². The summed E-state index contributed by atoms with van der Waals surface area (Å²) in [5.41, 5.74) is 0. The molecule has 0 heterocycles. The van der Waals surface area contributed by atoms with Crippen LogP contribution >= 0.6 is 0 Å². The monoisotopic (exact) mass is 183 g/mol. The van der Waals surface area contributed by atoms with Gasteiger partial charge in [0.15, 0.2) is 0 Å². The molecule has 2 unspecified atom stereocenters. The molecule has 0 aromatic carbocycles. The van der Waals surface area contributed by atoms with Gasteiger partial charge >= 0.3 is 0 Å². The molecule has 2 nitrogen and oxygen atoms in total. The minimum absolute atomic E-state index is 0.251. The van der Waals surface area contributed by atoms with Crippen molar-refractivity contribution in [2.75, 3.05) is 0 Å². The number of hydrogen-bond donors (Lipinski definition) is 1. The third-order valence-electron chi connectivity index (χ3n) is 2.82. The van der Waals surface area contributed by atoms with Crippen molar-refractivity contribution in [1.29, 1.82) is 0 Å². The van der Waals surface area contributed by atoms with Gasteiger partial charge in [-0.05, 0) is 31.6 Å². The van der Waals surface area contributed by atoms with E-state index in [2.05, 4.69) is 19.2 Å². The van der Waals surface area contributed by atoms with E-state index in [4.69, 9.17) is 0 Å². The van der Waals surface area contributed by atoms with Crippen LogP contribution in [0.5, 0.6) is 0 Å². The Balaban J connectivity index is 2.13. The molecule has 1 fully saturated rings. The van der Waals surface area contributed by atoms with E-state index >= 15 is 0 Å². The number of carbonyl (C=O) groups is 1. The summed E-state index contributed by atoms with van der Waals surface area (Å²) >= 11 is 0. The summed E-state index contributed by atoms with van der Waals surface area (Å²) in [4.78, 5) is 11.4. The topological polar surface area (TPSA) is 29.1 Å². The molecule has 0 aliphatic heterocycles. The van der Waals surface area contributed by atoms with Crippen LogP contribution in [0.2, 0.25) is 0 Å². The van der Waals surface area contributed by atoms with Crippen LogP contribution < -0.4 is 5.32 Å². The second-order valence-corrected chi connectivity index (χ2v) is 4.29. The molecular weight excluding hydrogens is 162 g/mol. The predicted molar refractivity (Wildman–Crippen MR) is 54.5 cm³/mol. The van der Waals surface area contributed by atoms with E-state index in [0.29, 0.717) is 12.5 Å². The van der Waals surface area contributed by atoms with Crippen molar-refractivity contribution in [2.24, 2.45) is 5.92 Å². The van der Waals surface area contributed by atoms with Crippen LogP contribution in [0.15, 0.2) is 0 Å². The van der Waals surface area contributed by atoms with Crippen LogP contribution in [-0.2, 0) is 4.79 Å². The average Bonchev–Trinajstić information content (AvgIpc) is 2.48. The van der Waals surface area contributed by atoms with Gasteiger partial charge in [-0.3, -0.25) is 4.79 Å². The third-order valence-corrected chi connectivity index (χ3v) is 2.82. The Morgan fingerprint density at radius 1 is 1.46 bits per heavy atom. The molecule has 0 radical (unpaired) electrons. The first kappa shape index (κ1) is 10.6. The van der Waals surface area contributed by atoms with Gasteiger partial charge < -0.3 is 5.32 Å². The second-order valence-electron chi connectivity index (χ2n) is 4.29. The van der Waals surface area contributed by atoms with Crippen molar-refractivity contribution >= 4 is 5.91 Å². The predicted octanol–water partition coefficient (Wildman–Crippen LogP) is 2.48. The van der Waals surface area contributed by atoms with Crippen molar-refractivity contribution in [3.05, 3.63) is 0 Å². The van der Waals surface area contributed by atoms with Crippen molar-refractivity contribution in [3.8, 4) is 0 Å². The molecule has 1 amide bonds. The van der Waals surface area contributed by atoms with Crippen LogP contribution in [0.25, 0.3) is 0 Å². The molecule has 1 aliphatic carbocycles. The van der Waals surface area contributed by atoms with E-state index in [1.165, 1.54) is 19.3 Å². The first-order valence-corrected chi connectivity index (χ1v) is 5.51. The Morgan fingerprint density at radius 2 is 2.23 bits per heavy atom. The smallest absolute Gasteiger partial charge is 0.220 e. The van der Waals surface area contributed by atoms with E-state index in [0.717, 1.165) is 18.8 Å². The Morgan fingerprint density at radius 3 is 2.77 bits per heavy atom. The summed E-state index contributed by atoms with van der Waals surface area (Å²) < 4.78 is 0. The number of carbonyl (C=O) groups excluding carboxylic acids is 1. The maximum absolute atomic E-state index is 11.4. The van der Waals surface area contributed by atoms with Gasteiger partial charge in [0, 0.05) is 12.5 Å². The summed E-state index contributed by atoms with van der Waals surface area (Å²) in [6.07, 6.45) is 6.47. The van der Waals surface area contributed by atoms with Crippen molar-refractivity contribution < 1.29 is 4.79 Å². The number of rotatable bonds is 4. The van der Waals surface area contributed by atoms with Crippen LogP contribution in [0, 0.1) is 5.92 Å². The number of unbranched alkanes of at least 4 members (excludes halogenated alkanes) is 1. The SMILES string of the molecule is CCCCC(=O)NC1CCC(C)C1. The minimum atomic E-state index is 0.251. The zero-order valence-electron chi connectivity index (χ0n) is 8.81. The van der Waals surface area contributed by atoms with E-state index in [1.54, 1.807) is 0 Å². The molecule has 0 saturated heterocycles. The lowest BCUT2D eigenvalue weighted by atomic mass is 10.1. The molecule has 1 N–H and O–H groups in total. The van der Waals surface area contributed by atoms with Gasteiger partial charge in [0.2, 0.25) is 5.91 Å². The molecule has 1 aliphatic rings. The maximum Gasteiger partial charge on any atom is 0.220 e. The molecule has 2 heteroatoms. The highest BCUT2D eigenvalue weighted by atomic mass is 16.1. The zero-order valence-corrected chi connectivity index (χ0v) is 8.81. The fraction of sp³-hybridized carbons (Fsp3) is 0.909. The Kier molecular flexibility index (Phi) is 4.26. The van der Waals surface area contributed by atoms with Crippen LogP contribution in [0.4, 0.5) is 0 Å². The van der Waals surface area contributed by atoms with Crippen LogP contribution in [-0.4, -0.2) is 11.9 Å². The molecular formula is C11H21NO. The number of hydrogen-bond acceptors (Lipinski definition) is 1. The summed E-state index contributed by atoms with van der Waals surface area (Å²) in [6.45, 7) is 4.38. The fourth-order valence-electron chi connectivity index (χ4n) is 1.98. The maximum atomic E-state index is 11.4. The molecule has 1 saturated carbocycles. The van der Waals surface area contributed by atoms with E-state index in [9.17, 15) is 4.79 Å². The third kappa shape index (κ3) is 3.79. The highest BCUT2D eigenvalue weighted by Gasteiger charge is 2.22. The number of nitrogens with one attached hydrogen (secondary N) is 1. The zero-order chi connectivity index (χ0) is 9.68. The molecule has 2 atom stereocenters.